The number of nitrogens with zero attached hydrogens (tertiary/aromatic N) is 2. The molecule has 2 aromatic rings. The van der Waals surface area contributed by atoms with Crippen LogP contribution in [0.1, 0.15) is 75.3 Å². The molecule has 0 aromatic heterocycles. The molecule has 33 heteroatoms. The summed E-state index contributed by atoms with van der Waals surface area (Å²) in [4.78, 5) is 175. The van der Waals surface area contributed by atoms with Crippen LogP contribution in [0.2, 0.25) is 0 Å². The van der Waals surface area contributed by atoms with Crippen LogP contribution in [-0.4, -0.2) is 252 Å². The fourth-order valence-electron chi connectivity index (χ4n) is 9.62. The molecule has 1 heterocycles. The molecule has 528 valence electrons. The Hall–Kier alpha value is -9.28. The average molecular weight is 1350 g/mol. The van der Waals surface area contributed by atoms with Crippen molar-refractivity contribution in [1.29, 1.82) is 0 Å². The third-order valence-corrected chi connectivity index (χ3v) is 14.6. The molecule has 1 saturated carbocycles. The van der Waals surface area contributed by atoms with Crippen molar-refractivity contribution >= 4 is 82.8 Å². The smallest absolute Gasteiger partial charge is 0.329 e. The zero-order chi connectivity index (χ0) is 69.7. The maximum absolute atomic E-state index is 13.0. The molecule has 12 amide bonds. The fourth-order valence-corrected chi connectivity index (χ4v) is 9.62. The molecule has 2 aromatic carbocycles. The van der Waals surface area contributed by atoms with Crippen molar-refractivity contribution in [3.63, 3.8) is 0 Å². The molecule has 2 atom stereocenters. The van der Waals surface area contributed by atoms with Gasteiger partial charge in [-0.3, -0.25) is 72.1 Å². The number of nitrogens with one attached hydrogen (secondary N) is 10. The lowest BCUT2D eigenvalue weighted by Gasteiger charge is -2.37. The van der Waals surface area contributed by atoms with Gasteiger partial charge in [0.2, 0.25) is 59.1 Å². The highest BCUT2D eigenvalue weighted by Gasteiger charge is 2.28. The molecule has 1 aliphatic heterocycles. The lowest BCUT2D eigenvalue weighted by Crippen LogP contribution is -2.52. The molecule has 33 nitrogen and oxygen atoms in total. The zero-order valence-corrected chi connectivity index (χ0v) is 53.7. The molecule has 0 unspecified atom stereocenters. The van der Waals surface area contributed by atoms with Crippen molar-refractivity contribution in [2.24, 2.45) is 0 Å². The van der Waals surface area contributed by atoms with Crippen molar-refractivity contribution in [3.8, 4) is 0 Å². The van der Waals surface area contributed by atoms with E-state index < -0.39 is 130 Å². The van der Waals surface area contributed by atoms with Crippen molar-refractivity contribution in [1.82, 2.24) is 63.0 Å². The van der Waals surface area contributed by atoms with E-state index >= 15 is 0 Å². The number of carbonyl (C=O) groups is 14. The van der Waals surface area contributed by atoms with Crippen molar-refractivity contribution in [3.05, 3.63) is 83.9 Å². The monoisotopic (exact) mass is 1350 g/mol. The highest BCUT2D eigenvalue weighted by molar-refractivity contribution is 6.12. The Kier molecular flexibility index (Phi) is 38.5. The van der Waals surface area contributed by atoms with E-state index in [9.17, 15) is 67.1 Å². The van der Waals surface area contributed by atoms with Gasteiger partial charge in [-0.05, 0) is 49.7 Å². The maximum Gasteiger partial charge on any atom is 0.329 e. The third kappa shape index (κ3) is 35.8. The predicted octanol–water partition coefficient (Wildman–Crippen LogP) is -3.54. The summed E-state index contributed by atoms with van der Waals surface area (Å²) in [6.07, 6.45) is 7.83. The Morgan fingerprint density at radius 1 is 0.448 bits per heavy atom. The molecular weight excluding hydrogens is 1260 g/mol. The van der Waals surface area contributed by atoms with Crippen LogP contribution in [0.5, 0.6) is 0 Å². The van der Waals surface area contributed by atoms with Crippen LogP contribution in [0.3, 0.4) is 0 Å². The summed E-state index contributed by atoms with van der Waals surface area (Å²) in [7, 11) is 0. The molecule has 0 saturated heterocycles. The van der Waals surface area contributed by atoms with E-state index in [1.165, 1.54) is 17.1 Å². The van der Waals surface area contributed by atoms with Crippen LogP contribution in [0.25, 0.3) is 0 Å². The van der Waals surface area contributed by atoms with Gasteiger partial charge in [0, 0.05) is 76.0 Å². The molecule has 12 N–H and O–H groups in total. The van der Waals surface area contributed by atoms with Gasteiger partial charge in [0.05, 0.1) is 85.6 Å². The lowest BCUT2D eigenvalue weighted by atomic mass is 9.90. The van der Waals surface area contributed by atoms with Crippen LogP contribution in [0.4, 0.5) is 0 Å². The fraction of sp³-hybridized carbons (Fsp3) is 0.556. The first kappa shape index (κ1) is 79.2. The summed E-state index contributed by atoms with van der Waals surface area (Å²) in [5.41, 5.74) is 1.40. The largest absolute Gasteiger partial charge is 0.480 e. The molecule has 0 spiro atoms. The molecule has 1 aliphatic carbocycles. The summed E-state index contributed by atoms with van der Waals surface area (Å²) in [6.45, 7) is -1.15. The van der Waals surface area contributed by atoms with Gasteiger partial charge in [0.15, 0.2) is 0 Å². The molecule has 0 bridgehead atoms. The molecule has 0 radical (unpaired) electrons. The molecule has 1 fully saturated rings. The number of aliphatic carboxylic acids is 2. The zero-order valence-electron chi connectivity index (χ0n) is 53.7. The van der Waals surface area contributed by atoms with Gasteiger partial charge in [-0.25, -0.2) is 4.79 Å². The van der Waals surface area contributed by atoms with E-state index in [0.717, 1.165) is 25.7 Å². The quantitative estimate of drug-likeness (QED) is 0.0173. The van der Waals surface area contributed by atoms with Crippen LogP contribution in [-0.2, 0) is 104 Å². The maximum atomic E-state index is 13.0. The number of rotatable bonds is 50. The number of carbonyl (C=O) groups excluding carboxylic acids is 12. The second-order valence-corrected chi connectivity index (χ2v) is 22.1. The van der Waals surface area contributed by atoms with Crippen molar-refractivity contribution < 1.29 is 101 Å². The summed E-state index contributed by atoms with van der Waals surface area (Å²) < 4.78 is 27.7. The van der Waals surface area contributed by atoms with Crippen molar-refractivity contribution in [2.75, 3.05) is 125 Å². The van der Waals surface area contributed by atoms with Gasteiger partial charge in [0.25, 0.3) is 11.8 Å². The lowest BCUT2D eigenvalue weighted by molar-refractivity contribution is -0.143. The van der Waals surface area contributed by atoms with Gasteiger partial charge < -0.3 is 87.1 Å². The summed E-state index contributed by atoms with van der Waals surface area (Å²) in [6, 6.07) is 15.4. The Labute approximate surface area is 555 Å². The Morgan fingerprint density at radius 3 is 1.36 bits per heavy atom. The minimum absolute atomic E-state index is 0.00600. The number of hydrogen-bond acceptors (Lipinski definition) is 20. The first-order chi connectivity index (χ1) is 46.2. The third-order valence-electron chi connectivity index (χ3n) is 14.6. The van der Waals surface area contributed by atoms with Gasteiger partial charge in [-0.1, -0.05) is 67.1 Å². The average Bonchev–Trinajstić information content (AvgIpc) is 1.86. The number of benzene rings is 2. The topological polar surface area (TPSA) is 452 Å². The molecule has 96 heavy (non-hydrogen) atoms. The Morgan fingerprint density at radius 2 is 0.885 bits per heavy atom. The number of hydrogen-bond donors (Lipinski definition) is 12. The summed E-state index contributed by atoms with van der Waals surface area (Å²) >= 11 is 0. The van der Waals surface area contributed by atoms with E-state index in [1.807, 2.05) is 0 Å². The van der Waals surface area contributed by atoms with Gasteiger partial charge in [-0.2, -0.15) is 0 Å². The highest BCUT2D eigenvalue weighted by Crippen LogP contribution is 2.24. The SMILES string of the molecule is O=C(O)CNC(=O)[C@H](Cc1ccccc1)NC(=O)CNC(=O)CNC(=O)CCOCCOCCN(CCOCCOCCC(=O)NCC(=O)NCC(=O)N[C@@H](Cc1ccccc1)C(=O)NCC(=O)NCOCC(=O)O)C1CCC(NC(=O)CCCCCN2C(=O)C=CC2=O)CC1. The van der Waals surface area contributed by atoms with E-state index in [1.54, 1.807) is 60.7 Å². The minimum atomic E-state index is -1.26. The second-order valence-electron chi connectivity index (χ2n) is 22.1. The van der Waals surface area contributed by atoms with Gasteiger partial charge in [-0.15, -0.1) is 0 Å². The number of amides is 12. The molecule has 2 aliphatic rings. The number of unbranched alkanes of at least 4 members (excludes halogenated alkanes) is 2. The summed E-state index contributed by atoms with van der Waals surface area (Å²) in [5, 5.41) is 42.4. The van der Waals surface area contributed by atoms with Gasteiger partial charge in [0.1, 0.15) is 32.0 Å². The summed E-state index contributed by atoms with van der Waals surface area (Å²) in [5.74, 6) is -9.03. The highest BCUT2D eigenvalue weighted by atomic mass is 16.5. The normalized spacial score (nSPS) is 14.7. The molecular formula is C63H90N12O21. The molecule has 4 rings (SSSR count). The minimum Gasteiger partial charge on any atom is -0.480 e. The number of imide groups is 1. The first-order valence-electron chi connectivity index (χ1n) is 31.7. The van der Waals surface area contributed by atoms with Gasteiger partial charge >= 0.3 is 11.9 Å². The standard InChI is InChI=1S/C63H90N12O21/c76-50(64-36-53(79)66-39-56(82)72-48(34-44-10-4-1-5-11-44)62(90)68-38-55(81)70-43-96-42-61(88)89)21-26-92-30-32-94-28-24-74(47-17-15-46(16-18-47)71-52(78)14-8-3-9-23-75-58(84)19-20-59(75)85)25-29-95-33-31-93-27-22-51(77)65-37-54(80)67-40-57(83)73-49(63(91)69-41-60(86)87)35-45-12-6-2-7-13-45/h1-2,4-7,10-13,19-20,46-49H,3,8-9,14-18,21-43H2,(H,64,76)(H,65,77)(H,66,79)(H,67,80)(H,68,90)(H,69,91)(H,70,81)(H,71,78)(H,72,82)(H,73,83)(H,86,87)(H,88,89)/t46?,47?,48-,49-/m0/s1. The second kappa shape index (κ2) is 46.7. The van der Waals surface area contributed by atoms with Crippen LogP contribution < -0.4 is 53.2 Å². The van der Waals surface area contributed by atoms with E-state index in [0.29, 0.717) is 69.7 Å². The van der Waals surface area contributed by atoms with E-state index in [-0.39, 0.29) is 95.1 Å². The number of ether oxygens (including phenoxy) is 5. The predicted molar refractivity (Wildman–Crippen MR) is 339 cm³/mol. The van der Waals surface area contributed by atoms with Crippen LogP contribution in [0.15, 0.2) is 72.8 Å². The van der Waals surface area contributed by atoms with Crippen molar-refractivity contribution in [2.45, 2.75) is 101 Å². The Bertz CT molecular complexity index is 2860. The Balaban J connectivity index is 1.11. The van der Waals surface area contributed by atoms with Crippen LogP contribution in [0, 0.1) is 0 Å². The number of carboxylic acid groups (broad SMARTS) is 2. The number of carboxylic acids is 2. The van der Waals surface area contributed by atoms with E-state index in [2.05, 4.69) is 58.1 Å². The van der Waals surface area contributed by atoms with E-state index in [4.69, 9.17) is 33.9 Å². The first-order valence-corrected chi connectivity index (χ1v) is 31.7. The van der Waals surface area contributed by atoms with Crippen LogP contribution >= 0.6 is 0 Å².